The van der Waals surface area contributed by atoms with E-state index in [2.05, 4.69) is 31.3 Å². The predicted molar refractivity (Wildman–Crippen MR) is 152 cm³/mol. The van der Waals surface area contributed by atoms with Crippen LogP contribution in [0, 0.1) is 6.92 Å². The number of halogens is 4. The van der Waals surface area contributed by atoms with Gasteiger partial charge in [0, 0.05) is 10.0 Å². The number of methoxy groups -OCH3 is 1. The highest BCUT2D eigenvalue weighted by atomic mass is 79.9. The molecule has 0 radical (unpaired) electrons. The Morgan fingerprint density at radius 1 is 1.12 bits per heavy atom. The fourth-order valence-electron chi connectivity index (χ4n) is 4.63. The number of amides is 2. The van der Waals surface area contributed by atoms with Crippen LogP contribution >= 0.6 is 15.9 Å². The van der Waals surface area contributed by atoms with Crippen molar-refractivity contribution < 1.29 is 41.8 Å². The molecule has 4 rings (SSSR count). The zero-order chi connectivity index (χ0) is 31.0. The summed E-state index contributed by atoms with van der Waals surface area (Å²) in [7, 11) is 2.66. The molecule has 1 heterocycles. The Bertz CT molecular complexity index is 1550. The van der Waals surface area contributed by atoms with E-state index in [4.69, 9.17) is 9.47 Å². The largest absolute Gasteiger partial charge is 0.496 e. The van der Waals surface area contributed by atoms with Crippen LogP contribution in [0.4, 0.5) is 18.9 Å². The van der Waals surface area contributed by atoms with Gasteiger partial charge in [-0.3, -0.25) is 14.9 Å². The normalized spacial score (nSPS) is 18.4. The number of nitrogens with zero attached hydrogens (tertiary/aromatic N) is 1. The molecule has 0 fully saturated rings. The van der Waals surface area contributed by atoms with Crippen LogP contribution in [0.1, 0.15) is 25.0 Å². The first kappa shape index (κ1) is 31.1. The minimum Gasteiger partial charge on any atom is -0.496 e. The summed E-state index contributed by atoms with van der Waals surface area (Å²) in [5.41, 5.74) is -0.490. The fourth-order valence-corrected chi connectivity index (χ4v) is 5.01. The average molecular weight is 652 g/mol. The van der Waals surface area contributed by atoms with Crippen molar-refractivity contribution >= 4 is 50.2 Å². The van der Waals surface area contributed by atoms with E-state index in [1.165, 1.54) is 12.0 Å². The molecule has 42 heavy (non-hydrogen) atoms. The number of carbonyl (C=O) groups excluding carboxylic acids is 3. The van der Waals surface area contributed by atoms with E-state index in [9.17, 15) is 27.6 Å². The molecule has 0 saturated heterocycles. The summed E-state index contributed by atoms with van der Waals surface area (Å²) < 4.78 is 55.9. The number of ether oxygens (including phenoxy) is 3. The second kappa shape index (κ2) is 11.8. The number of rotatable bonds is 7. The highest BCUT2D eigenvalue weighted by molar-refractivity contribution is 9.10. The number of esters is 1. The molecule has 224 valence electrons. The van der Waals surface area contributed by atoms with Gasteiger partial charge >= 0.3 is 12.1 Å². The van der Waals surface area contributed by atoms with Gasteiger partial charge in [0.2, 0.25) is 5.72 Å². The van der Waals surface area contributed by atoms with Gasteiger partial charge in [-0.25, -0.2) is 4.79 Å². The van der Waals surface area contributed by atoms with Crippen LogP contribution in [0.15, 0.2) is 53.0 Å². The molecule has 1 aliphatic heterocycles. The van der Waals surface area contributed by atoms with Gasteiger partial charge in [-0.1, -0.05) is 34.1 Å². The lowest BCUT2D eigenvalue weighted by atomic mass is 10.0. The van der Waals surface area contributed by atoms with Crippen molar-refractivity contribution in [2.45, 2.75) is 51.4 Å². The minimum absolute atomic E-state index is 0.00580. The maximum Gasteiger partial charge on any atom is 0.491 e. The third-order valence-electron chi connectivity index (χ3n) is 7.03. The van der Waals surface area contributed by atoms with E-state index in [-0.39, 0.29) is 6.54 Å². The number of benzene rings is 3. The van der Waals surface area contributed by atoms with Crippen LogP contribution in [0.25, 0.3) is 10.8 Å². The number of alkyl halides is 3. The lowest BCUT2D eigenvalue weighted by Crippen LogP contribution is -2.63. The quantitative estimate of drug-likeness (QED) is 0.280. The smallest absolute Gasteiger partial charge is 0.491 e. The maximum absolute atomic E-state index is 14.2. The van der Waals surface area contributed by atoms with Gasteiger partial charge in [0.15, 0.2) is 0 Å². The number of carbonyl (C=O) groups is 3. The van der Waals surface area contributed by atoms with E-state index < -0.39 is 41.8 Å². The van der Waals surface area contributed by atoms with Crippen molar-refractivity contribution in [3.63, 3.8) is 0 Å². The molecule has 3 aromatic carbocycles. The zero-order valence-corrected chi connectivity index (χ0v) is 25.0. The van der Waals surface area contributed by atoms with Crippen molar-refractivity contribution in [1.82, 2.24) is 10.6 Å². The number of anilines is 1. The Morgan fingerprint density at radius 3 is 2.48 bits per heavy atom. The van der Waals surface area contributed by atoms with Crippen molar-refractivity contribution in [3.8, 4) is 11.5 Å². The number of aryl methyl sites for hydroxylation is 1. The molecule has 2 N–H and O–H groups in total. The molecular weight excluding hydrogens is 623 g/mol. The van der Waals surface area contributed by atoms with Crippen LogP contribution in [-0.2, 0) is 25.7 Å². The summed E-state index contributed by atoms with van der Waals surface area (Å²) in [6.07, 6.45) is -6.30. The minimum atomic E-state index is -5.34. The zero-order valence-electron chi connectivity index (χ0n) is 23.4. The average Bonchev–Trinajstić information content (AvgIpc) is 3.01. The van der Waals surface area contributed by atoms with Gasteiger partial charge in [-0.15, -0.1) is 0 Å². The van der Waals surface area contributed by atoms with Crippen molar-refractivity contribution in [1.29, 1.82) is 0 Å². The summed E-state index contributed by atoms with van der Waals surface area (Å²) in [6.45, 7) is 4.36. The van der Waals surface area contributed by atoms with E-state index in [0.29, 0.717) is 22.7 Å². The molecule has 13 heteroatoms. The Balaban J connectivity index is 1.76. The van der Waals surface area contributed by atoms with Crippen LogP contribution < -0.4 is 25.0 Å². The van der Waals surface area contributed by atoms with Gasteiger partial charge in [0.25, 0.3) is 11.8 Å². The first-order chi connectivity index (χ1) is 19.7. The molecule has 3 atom stereocenters. The van der Waals surface area contributed by atoms with E-state index in [0.717, 1.165) is 34.8 Å². The topological polar surface area (TPSA) is 106 Å². The SMILES string of the molecule is CN[C@@](C)(OC(=O)C(F)(F)F)C(=O)N[C@@H]1C(=O)N(Cc2c(OC)ccc3cc(Br)ccc23)c2ccc(C)cc2O[C@H]1C. The highest BCUT2D eigenvalue weighted by Crippen LogP contribution is 2.38. The fraction of sp³-hybridized carbons (Fsp3) is 0.345. The first-order valence-corrected chi connectivity index (χ1v) is 13.6. The number of fused-ring (bicyclic) bond motifs is 2. The molecule has 3 aromatic rings. The van der Waals surface area contributed by atoms with E-state index >= 15 is 0 Å². The van der Waals surface area contributed by atoms with Crippen LogP contribution in [-0.4, -0.2) is 56.0 Å². The third kappa shape index (κ3) is 6.16. The molecule has 2 amide bonds. The molecule has 0 bridgehead atoms. The monoisotopic (exact) mass is 651 g/mol. The Morgan fingerprint density at radius 2 is 1.83 bits per heavy atom. The standard InChI is InChI=1S/C29H29BrF3N3O6/c1-15-6-10-21-23(12-15)41-16(2)24(35-26(38)28(3,34-4)42-27(39)29(31,32)33)25(37)36(21)14-20-19-9-8-18(30)13-17(19)7-11-22(20)40-5/h6-13,16,24,34H,14H2,1-5H3,(H,35,38)/t16-,24-,28-/m0/s1. The predicted octanol–water partition coefficient (Wildman–Crippen LogP) is 4.76. The Labute approximate surface area is 248 Å². The summed E-state index contributed by atoms with van der Waals surface area (Å²) in [6, 6.07) is 13.2. The summed E-state index contributed by atoms with van der Waals surface area (Å²) in [5.74, 6) is -3.45. The van der Waals surface area contributed by atoms with Crippen LogP contribution in [0.3, 0.4) is 0 Å². The second-order valence-corrected chi connectivity index (χ2v) is 10.9. The Hall–Kier alpha value is -3.84. The second-order valence-electron chi connectivity index (χ2n) is 9.95. The van der Waals surface area contributed by atoms with Crippen LogP contribution in [0.5, 0.6) is 11.5 Å². The van der Waals surface area contributed by atoms with Crippen molar-refractivity contribution in [2.75, 3.05) is 19.1 Å². The lowest BCUT2D eigenvalue weighted by Gasteiger charge is -2.32. The third-order valence-corrected chi connectivity index (χ3v) is 7.53. The number of likely N-dealkylation sites (N-methyl/N-ethyl adjacent to an activating group) is 1. The molecule has 1 aliphatic rings. The maximum atomic E-state index is 14.2. The number of hydrogen-bond acceptors (Lipinski definition) is 7. The van der Waals surface area contributed by atoms with Crippen molar-refractivity contribution in [3.05, 3.63) is 64.1 Å². The van der Waals surface area contributed by atoms with E-state index in [1.54, 1.807) is 31.2 Å². The molecule has 0 unspecified atom stereocenters. The van der Waals surface area contributed by atoms with Gasteiger partial charge < -0.3 is 24.4 Å². The van der Waals surface area contributed by atoms with Gasteiger partial charge in [0.1, 0.15) is 23.6 Å². The summed E-state index contributed by atoms with van der Waals surface area (Å²) >= 11 is 3.47. The van der Waals surface area contributed by atoms with Crippen LogP contribution in [0.2, 0.25) is 0 Å². The summed E-state index contributed by atoms with van der Waals surface area (Å²) in [4.78, 5) is 40.5. The highest BCUT2D eigenvalue weighted by Gasteiger charge is 2.49. The molecule has 9 nitrogen and oxygen atoms in total. The molecule has 0 aliphatic carbocycles. The molecule has 0 saturated carbocycles. The lowest BCUT2D eigenvalue weighted by molar-refractivity contribution is -0.215. The first-order valence-electron chi connectivity index (χ1n) is 12.8. The Kier molecular flexibility index (Phi) is 8.74. The molecule has 0 aromatic heterocycles. The van der Waals surface area contributed by atoms with Crippen molar-refractivity contribution in [2.24, 2.45) is 0 Å². The van der Waals surface area contributed by atoms with E-state index in [1.807, 2.05) is 31.2 Å². The number of hydrogen-bond donors (Lipinski definition) is 2. The number of nitrogens with one attached hydrogen (secondary N) is 2. The summed E-state index contributed by atoms with van der Waals surface area (Å²) in [5, 5.41) is 6.44. The molecular formula is C29H29BrF3N3O6. The van der Waals surface area contributed by atoms with Gasteiger partial charge in [-0.05, 0) is 74.5 Å². The molecule has 0 spiro atoms. The van der Waals surface area contributed by atoms with Gasteiger partial charge in [0.05, 0.1) is 19.3 Å². The van der Waals surface area contributed by atoms with Gasteiger partial charge in [-0.2, -0.15) is 13.2 Å².